The Labute approximate surface area is 129 Å². The van der Waals surface area contributed by atoms with Gasteiger partial charge in [-0.25, -0.2) is 0 Å². The number of carbonyl (C=O) groups is 1. The second-order valence-corrected chi connectivity index (χ2v) is 5.85. The van der Waals surface area contributed by atoms with Crippen molar-refractivity contribution in [1.82, 2.24) is 0 Å². The first kappa shape index (κ1) is 15.5. The van der Waals surface area contributed by atoms with E-state index in [1.54, 1.807) is 0 Å². The summed E-state index contributed by atoms with van der Waals surface area (Å²) in [5.41, 5.74) is 1.09. The van der Waals surface area contributed by atoms with E-state index in [1.807, 2.05) is 25.1 Å². The molecule has 110 valence electrons. The Bertz CT molecular complexity index is 471. The van der Waals surface area contributed by atoms with Crippen LogP contribution in [0.1, 0.15) is 26.2 Å². The van der Waals surface area contributed by atoms with E-state index in [0.717, 1.165) is 31.6 Å². The van der Waals surface area contributed by atoms with Crippen LogP contribution in [0, 0.1) is 5.92 Å². The van der Waals surface area contributed by atoms with Crippen molar-refractivity contribution in [2.45, 2.75) is 26.2 Å². The molecule has 0 radical (unpaired) electrons. The summed E-state index contributed by atoms with van der Waals surface area (Å²) in [7, 11) is 0. The van der Waals surface area contributed by atoms with Crippen LogP contribution in [-0.2, 0) is 9.53 Å². The average molecular weight is 316 g/mol. The highest BCUT2D eigenvalue weighted by molar-refractivity contribution is 6.42. The second-order valence-electron chi connectivity index (χ2n) is 5.04. The van der Waals surface area contributed by atoms with Gasteiger partial charge < -0.3 is 9.64 Å². The Hall–Kier alpha value is -0.930. The van der Waals surface area contributed by atoms with E-state index in [2.05, 4.69) is 4.90 Å². The van der Waals surface area contributed by atoms with Gasteiger partial charge in [0.25, 0.3) is 0 Å². The van der Waals surface area contributed by atoms with Crippen LogP contribution in [0.3, 0.4) is 0 Å². The number of hydrogen-bond donors (Lipinski definition) is 0. The van der Waals surface area contributed by atoms with Crippen molar-refractivity contribution in [2.75, 3.05) is 24.6 Å². The fourth-order valence-corrected chi connectivity index (χ4v) is 2.82. The molecule has 0 unspecified atom stereocenters. The van der Waals surface area contributed by atoms with Gasteiger partial charge in [-0.2, -0.15) is 0 Å². The van der Waals surface area contributed by atoms with Gasteiger partial charge in [0.1, 0.15) is 0 Å². The van der Waals surface area contributed by atoms with Gasteiger partial charge in [0.2, 0.25) is 0 Å². The summed E-state index contributed by atoms with van der Waals surface area (Å²) in [6, 6.07) is 5.71. The van der Waals surface area contributed by atoms with Crippen molar-refractivity contribution in [3.63, 3.8) is 0 Å². The molecule has 0 atom stereocenters. The molecule has 0 aromatic heterocycles. The summed E-state index contributed by atoms with van der Waals surface area (Å²) in [4.78, 5) is 13.8. The number of piperidine rings is 1. The summed E-state index contributed by atoms with van der Waals surface area (Å²) in [5.74, 6) is 0.341. The molecule has 2 rings (SSSR count). The van der Waals surface area contributed by atoms with Crippen LogP contribution in [0.25, 0.3) is 0 Å². The summed E-state index contributed by atoms with van der Waals surface area (Å²) in [6.07, 6.45) is 2.53. The molecule has 0 saturated carbocycles. The van der Waals surface area contributed by atoms with Crippen molar-refractivity contribution in [3.8, 4) is 0 Å². The van der Waals surface area contributed by atoms with Crippen LogP contribution in [0.5, 0.6) is 0 Å². The molecular formula is C15H19Cl2NO2. The number of rotatable bonds is 4. The molecule has 0 bridgehead atoms. The van der Waals surface area contributed by atoms with E-state index in [-0.39, 0.29) is 5.97 Å². The van der Waals surface area contributed by atoms with Gasteiger partial charge in [-0.3, -0.25) is 4.79 Å². The smallest absolute Gasteiger partial charge is 0.306 e. The van der Waals surface area contributed by atoms with Gasteiger partial charge in [0.05, 0.1) is 16.7 Å². The zero-order valence-electron chi connectivity index (χ0n) is 11.6. The second kappa shape index (κ2) is 7.19. The maximum Gasteiger partial charge on any atom is 0.306 e. The van der Waals surface area contributed by atoms with Crippen molar-refractivity contribution >= 4 is 34.9 Å². The van der Waals surface area contributed by atoms with Gasteiger partial charge in [0.15, 0.2) is 0 Å². The van der Waals surface area contributed by atoms with Gasteiger partial charge in [-0.15, -0.1) is 0 Å². The quantitative estimate of drug-likeness (QED) is 0.781. The lowest BCUT2D eigenvalue weighted by atomic mass is 9.93. The van der Waals surface area contributed by atoms with E-state index < -0.39 is 0 Å². The minimum absolute atomic E-state index is 0.0829. The highest BCUT2D eigenvalue weighted by atomic mass is 35.5. The van der Waals surface area contributed by atoms with Crippen LogP contribution in [0.4, 0.5) is 5.69 Å². The molecule has 1 aromatic rings. The first-order valence-electron chi connectivity index (χ1n) is 6.95. The zero-order valence-corrected chi connectivity index (χ0v) is 13.1. The first-order chi connectivity index (χ1) is 9.60. The maximum atomic E-state index is 11.5. The largest absolute Gasteiger partial charge is 0.466 e. The third-order valence-electron chi connectivity index (χ3n) is 3.64. The molecule has 5 heteroatoms. The molecule has 1 saturated heterocycles. The van der Waals surface area contributed by atoms with Crippen molar-refractivity contribution in [2.24, 2.45) is 5.92 Å². The molecular weight excluding hydrogens is 297 g/mol. The minimum atomic E-state index is -0.0829. The van der Waals surface area contributed by atoms with Crippen molar-refractivity contribution in [3.05, 3.63) is 28.2 Å². The fourth-order valence-electron chi connectivity index (χ4n) is 2.53. The number of nitrogens with zero attached hydrogens (tertiary/aromatic N) is 1. The Balaban J connectivity index is 1.87. The predicted octanol–water partition coefficient (Wildman–Crippen LogP) is 4.16. The standard InChI is InChI=1S/C15H19Cl2NO2/c1-2-20-15(19)9-11-5-7-18(8-6-11)12-3-4-13(16)14(17)10-12/h3-4,10-11H,2,5-9H2,1H3. The fraction of sp³-hybridized carbons (Fsp3) is 0.533. The third-order valence-corrected chi connectivity index (χ3v) is 4.38. The molecule has 0 spiro atoms. The van der Waals surface area contributed by atoms with Crippen LogP contribution in [0.15, 0.2) is 18.2 Å². The number of halogens is 2. The summed E-state index contributed by atoms with van der Waals surface area (Å²) >= 11 is 12.0. The molecule has 20 heavy (non-hydrogen) atoms. The Morgan fingerprint density at radius 1 is 1.30 bits per heavy atom. The minimum Gasteiger partial charge on any atom is -0.466 e. The van der Waals surface area contributed by atoms with Crippen LogP contribution in [-0.4, -0.2) is 25.7 Å². The average Bonchev–Trinajstić information content (AvgIpc) is 2.43. The number of ether oxygens (including phenoxy) is 1. The highest BCUT2D eigenvalue weighted by Crippen LogP contribution is 2.30. The summed E-state index contributed by atoms with van der Waals surface area (Å²) in [6.45, 7) is 4.16. The van der Waals surface area contributed by atoms with Crippen LogP contribution in [0.2, 0.25) is 10.0 Å². The van der Waals surface area contributed by atoms with Gasteiger partial charge in [0, 0.05) is 25.2 Å². The van der Waals surface area contributed by atoms with Gasteiger partial charge in [-0.1, -0.05) is 23.2 Å². The van der Waals surface area contributed by atoms with Gasteiger partial charge in [-0.05, 0) is 43.9 Å². The van der Waals surface area contributed by atoms with Crippen LogP contribution >= 0.6 is 23.2 Å². The Morgan fingerprint density at radius 3 is 2.60 bits per heavy atom. The molecule has 0 N–H and O–H groups in total. The first-order valence-corrected chi connectivity index (χ1v) is 7.71. The van der Waals surface area contributed by atoms with Crippen molar-refractivity contribution < 1.29 is 9.53 Å². The lowest BCUT2D eigenvalue weighted by Crippen LogP contribution is -2.34. The number of anilines is 1. The molecule has 0 aliphatic carbocycles. The number of hydrogen-bond acceptors (Lipinski definition) is 3. The molecule has 1 aliphatic rings. The lowest BCUT2D eigenvalue weighted by molar-refractivity contribution is -0.144. The summed E-state index contributed by atoms with van der Waals surface area (Å²) in [5, 5.41) is 1.16. The van der Waals surface area contributed by atoms with E-state index in [9.17, 15) is 4.79 Å². The van der Waals surface area contributed by atoms with Gasteiger partial charge >= 0.3 is 5.97 Å². The third kappa shape index (κ3) is 4.03. The molecule has 1 aromatic carbocycles. The highest BCUT2D eigenvalue weighted by Gasteiger charge is 2.22. The number of esters is 1. The molecule has 1 fully saturated rings. The number of benzene rings is 1. The van der Waals surface area contributed by atoms with E-state index in [1.165, 1.54) is 0 Å². The van der Waals surface area contributed by atoms with E-state index >= 15 is 0 Å². The maximum absolute atomic E-state index is 11.5. The zero-order chi connectivity index (χ0) is 14.5. The Kier molecular flexibility index (Phi) is 5.55. The number of carbonyl (C=O) groups excluding carboxylic acids is 1. The summed E-state index contributed by atoms with van der Waals surface area (Å²) < 4.78 is 5.00. The molecule has 3 nitrogen and oxygen atoms in total. The monoisotopic (exact) mass is 315 g/mol. The SMILES string of the molecule is CCOC(=O)CC1CCN(c2ccc(Cl)c(Cl)c2)CC1. The molecule has 1 aliphatic heterocycles. The Morgan fingerprint density at radius 2 is 2.00 bits per heavy atom. The van der Waals surface area contributed by atoms with Crippen LogP contribution < -0.4 is 4.90 Å². The van der Waals surface area contributed by atoms with E-state index in [0.29, 0.717) is 29.0 Å². The molecule has 0 amide bonds. The topological polar surface area (TPSA) is 29.5 Å². The molecule has 1 heterocycles. The lowest BCUT2D eigenvalue weighted by Gasteiger charge is -2.33. The normalized spacial score (nSPS) is 16.2. The van der Waals surface area contributed by atoms with E-state index in [4.69, 9.17) is 27.9 Å². The van der Waals surface area contributed by atoms with Crippen molar-refractivity contribution in [1.29, 1.82) is 0 Å². The predicted molar refractivity (Wildman–Crippen MR) is 82.6 cm³/mol.